The third-order valence-corrected chi connectivity index (χ3v) is 3.68. The van der Waals surface area contributed by atoms with Gasteiger partial charge in [0.2, 0.25) is 0 Å². The number of nitrogens with one attached hydrogen (secondary N) is 1. The van der Waals surface area contributed by atoms with Crippen molar-refractivity contribution in [3.8, 4) is 17.2 Å². The second-order valence-electron chi connectivity index (χ2n) is 5.21. The van der Waals surface area contributed by atoms with Gasteiger partial charge in [0.25, 0.3) is 0 Å². The molecular formula is C17H19NO3. The topological polar surface area (TPSA) is 50.7 Å². The summed E-state index contributed by atoms with van der Waals surface area (Å²) in [7, 11) is 1.66. The van der Waals surface area contributed by atoms with Gasteiger partial charge in [0.05, 0.1) is 7.11 Å². The maximum Gasteiger partial charge on any atom is 0.164 e. The van der Waals surface area contributed by atoms with Crippen LogP contribution >= 0.6 is 0 Å². The van der Waals surface area contributed by atoms with Crippen molar-refractivity contribution in [3.63, 3.8) is 0 Å². The van der Waals surface area contributed by atoms with Crippen LogP contribution in [0.5, 0.6) is 17.2 Å². The molecule has 0 bridgehead atoms. The first-order chi connectivity index (χ1) is 10.3. The molecule has 1 unspecified atom stereocenters. The first-order valence-electron chi connectivity index (χ1n) is 7.06. The summed E-state index contributed by atoms with van der Waals surface area (Å²) in [6, 6.07) is 13.5. The fraction of sp³-hybridized carbons (Fsp3) is 0.294. The van der Waals surface area contributed by atoms with E-state index in [2.05, 4.69) is 11.4 Å². The highest BCUT2D eigenvalue weighted by Gasteiger charge is 2.22. The third-order valence-electron chi connectivity index (χ3n) is 3.68. The van der Waals surface area contributed by atoms with Crippen LogP contribution in [0.3, 0.4) is 0 Å². The molecule has 0 aliphatic carbocycles. The molecule has 4 nitrogen and oxygen atoms in total. The molecule has 0 fully saturated rings. The zero-order valence-electron chi connectivity index (χ0n) is 12.0. The number of hydrogen-bond donors (Lipinski definition) is 2. The van der Waals surface area contributed by atoms with E-state index in [0.717, 1.165) is 29.0 Å². The molecule has 1 aliphatic rings. The van der Waals surface area contributed by atoms with Gasteiger partial charge >= 0.3 is 0 Å². The second-order valence-corrected chi connectivity index (χ2v) is 5.21. The van der Waals surface area contributed by atoms with Crippen LogP contribution in [0.2, 0.25) is 0 Å². The zero-order chi connectivity index (χ0) is 14.7. The Kier molecular flexibility index (Phi) is 3.97. The van der Waals surface area contributed by atoms with Crippen LogP contribution < -0.4 is 14.8 Å². The molecule has 1 heterocycles. The van der Waals surface area contributed by atoms with E-state index in [1.54, 1.807) is 19.2 Å². The number of hydrogen-bond acceptors (Lipinski definition) is 4. The monoisotopic (exact) mass is 285 g/mol. The van der Waals surface area contributed by atoms with Crippen LogP contribution in [0, 0.1) is 0 Å². The fourth-order valence-electron chi connectivity index (χ4n) is 2.61. The maximum atomic E-state index is 9.47. The zero-order valence-corrected chi connectivity index (χ0v) is 12.0. The van der Waals surface area contributed by atoms with E-state index in [0.29, 0.717) is 18.9 Å². The van der Waals surface area contributed by atoms with E-state index in [-0.39, 0.29) is 6.04 Å². The van der Waals surface area contributed by atoms with Crippen LogP contribution in [0.4, 0.5) is 0 Å². The number of fused-ring (bicyclic) bond motifs is 1. The summed E-state index contributed by atoms with van der Waals surface area (Å²) in [6.07, 6.45) is 0.908. The molecule has 2 aromatic carbocycles. The smallest absolute Gasteiger partial charge is 0.164 e. The molecule has 0 saturated heterocycles. The van der Waals surface area contributed by atoms with E-state index >= 15 is 0 Å². The van der Waals surface area contributed by atoms with E-state index in [4.69, 9.17) is 9.47 Å². The standard InChI is InChI=1S/C17H19NO3/c1-20-16-7-3-5-13-9-14(11-21-17(13)16)18-10-12-4-2-6-15(19)8-12/h2-8,14,18-19H,9-11H2,1H3. The predicted molar refractivity (Wildman–Crippen MR) is 80.9 cm³/mol. The number of benzene rings is 2. The van der Waals surface area contributed by atoms with Gasteiger partial charge in [-0.3, -0.25) is 0 Å². The Morgan fingerprint density at radius 3 is 2.95 bits per heavy atom. The predicted octanol–water partition coefficient (Wildman–Crippen LogP) is 2.49. The first kappa shape index (κ1) is 13.8. The lowest BCUT2D eigenvalue weighted by molar-refractivity contribution is 0.226. The van der Waals surface area contributed by atoms with E-state index in [1.807, 2.05) is 24.3 Å². The minimum Gasteiger partial charge on any atom is -0.508 e. The summed E-state index contributed by atoms with van der Waals surface area (Å²) in [5.74, 6) is 1.94. The minimum absolute atomic E-state index is 0.256. The number of phenolic OH excluding ortho intramolecular Hbond substituents is 1. The third kappa shape index (κ3) is 3.11. The summed E-state index contributed by atoms with van der Waals surface area (Å²) in [5.41, 5.74) is 2.22. The summed E-state index contributed by atoms with van der Waals surface area (Å²) >= 11 is 0. The van der Waals surface area contributed by atoms with Crippen molar-refractivity contribution in [3.05, 3.63) is 53.6 Å². The van der Waals surface area contributed by atoms with Crippen LogP contribution in [0.1, 0.15) is 11.1 Å². The second kappa shape index (κ2) is 6.06. The lowest BCUT2D eigenvalue weighted by Gasteiger charge is -2.27. The van der Waals surface area contributed by atoms with Crippen LogP contribution in [-0.4, -0.2) is 24.9 Å². The van der Waals surface area contributed by atoms with E-state index < -0.39 is 0 Å². The Bertz CT molecular complexity index is 627. The Hall–Kier alpha value is -2.20. The van der Waals surface area contributed by atoms with Gasteiger partial charge < -0.3 is 19.9 Å². The summed E-state index contributed by atoms with van der Waals surface area (Å²) in [5, 5.41) is 12.9. The van der Waals surface area contributed by atoms with Gasteiger partial charge in [0.1, 0.15) is 12.4 Å². The molecule has 3 rings (SSSR count). The largest absolute Gasteiger partial charge is 0.508 e. The Morgan fingerprint density at radius 2 is 2.14 bits per heavy atom. The molecule has 1 atom stereocenters. The molecule has 2 aromatic rings. The Morgan fingerprint density at radius 1 is 1.29 bits per heavy atom. The molecular weight excluding hydrogens is 266 g/mol. The first-order valence-corrected chi connectivity index (χ1v) is 7.06. The molecule has 0 amide bonds. The van der Waals surface area contributed by atoms with Crippen molar-refractivity contribution in [1.82, 2.24) is 5.32 Å². The molecule has 0 radical (unpaired) electrons. The molecule has 0 spiro atoms. The number of para-hydroxylation sites is 1. The summed E-state index contributed by atoms with van der Waals surface area (Å²) < 4.78 is 11.2. The molecule has 2 N–H and O–H groups in total. The van der Waals surface area contributed by atoms with Gasteiger partial charge in [-0.1, -0.05) is 24.3 Å². The molecule has 21 heavy (non-hydrogen) atoms. The van der Waals surface area contributed by atoms with E-state index in [1.165, 1.54) is 0 Å². The fourth-order valence-corrected chi connectivity index (χ4v) is 2.61. The normalized spacial score (nSPS) is 16.9. The van der Waals surface area contributed by atoms with Gasteiger partial charge in [-0.2, -0.15) is 0 Å². The molecule has 0 saturated carbocycles. The number of rotatable bonds is 4. The van der Waals surface area contributed by atoms with Crippen molar-refractivity contribution in [1.29, 1.82) is 0 Å². The lowest BCUT2D eigenvalue weighted by Crippen LogP contribution is -2.38. The Labute approximate surface area is 124 Å². The summed E-state index contributed by atoms with van der Waals surface area (Å²) in [4.78, 5) is 0. The molecule has 4 heteroatoms. The summed E-state index contributed by atoms with van der Waals surface area (Å²) in [6.45, 7) is 1.33. The van der Waals surface area contributed by atoms with Crippen molar-refractivity contribution in [2.24, 2.45) is 0 Å². The van der Waals surface area contributed by atoms with Crippen molar-refractivity contribution >= 4 is 0 Å². The van der Waals surface area contributed by atoms with Crippen molar-refractivity contribution < 1.29 is 14.6 Å². The highest BCUT2D eigenvalue weighted by Crippen LogP contribution is 2.34. The number of ether oxygens (including phenoxy) is 2. The van der Waals surface area contributed by atoms with E-state index in [9.17, 15) is 5.11 Å². The van der Waals surface area contributed by atoms with Crippen molar-refractivity contribution in [2.75, 3.05) is 13.7 Å². The number of methoxy groups -OCH3 is 1. The van der Waals surface area contributed by atoms with Gasteiger partial charge in [-0.25, -0.2) is 0 Å². The van der Waals surface area contributed by atoms with Gasteiger partial charge in [0.15, 0.2) is 11.5 Å². The minimum atomic E-state index is 0.256. The maximum absolute atomic E-state index is 9.47. The highest BCUT2D eigenvalue weighted by atomic mass is 16.5. The average Bonchev–Trinajstić information content (AvgIpc) is 2.52. The van der Waals surface area contributed by atoms with Crippen molar-refractivity contribution in [2.45, 2.75) is 19.0 Å². The van der Waals surface area contributed by atoms with Gasteiger partial charge in [-0.05, 0) is 35.7 Å². The van der Waals surface area contributed by atoms with Gasteiger partial charge in [0, 0.05) is 12.6 Å². The average molecular weight is 285 g/mol. The molecule has 0 aromatic heterocycles. The highest BCUT2D eigenvalue weighted by molar-refractivity contribution is 5.48. The number of phenols is 1. The van der Waals surface area contributed by atoms with Gasteiger partial charge in [-0.15, -0.1) is 0 Å². The number of aromatic hydroxyl groups is 1. The quantitative estimate of drug-likeness (QED) is 0.906. The lowest BCUT2D eigenvalue weighted by atomic mass is 10.0. The van der Waals surface area contributed by atoms with Crippen LogP contribution in [0.25, 0.3) is 0 Å². The molecule has 1 aliphatic heterocycles. The Balaban J connectivity index is 1.64. The van der Waals surface area contributed by atoms with Crippen LogP contribution in [-0.2, 0) is 13.0 Å². The molecule has 110 valence electrons. The SMILES string of the molecule is COc1cccc2c1OCC(NCc1cccc(O)c1)C2. The van der Waals surface area contributed by atoms with Crippen LogP contribution in [0.15, 0.2) is 42.5 Å².